The number of aryl methyl sites for hydroxylation is 3. The number of nitrogens with two attached hydrogens (primary N) is 1. The quantitative estimate of drug-likeness (QED) is 0.622. The summed E-state index contributed by atoms with van der Waals surface area (Å²) in [5, 5.41) is 20.1. The average Bonchev–Trinajstić information content (AvgIpc) is 2.62. The highest BCUT2D eigenvalue weighted by Gasteiger charge is 2.15. The van der Waals surface area contributed by atoms with Crippen LogP contribution in [0.4, 0.5) is 0 Å². The van der Waals surface area contributed by atoms with Gasteiger partial charge in [0.2, 0.25) is 5.16 Å². The van der Waals surface area contributed by atoms with Crippen LogP contribution in [0.2, 0.25) is 0 Å². The van der Waals surface area contributed by atoms with Gasteiger partial charge in [0, 0.05) is 12.7 Å². The highest BCUT2D eigenvalue weighted by Crippen LogP contribution is 2.28. The van der Waals surface area contributed by atoms with E-state index in [1.165, 1.54) is 11.8 Å². The number of hydrogen-bond acceptors (Lipinski definition) is 6. The third kappa shape index (κ3) is 2.33. The van der Waals surface area contributed by atoms with Crippen LogP contribution in [-0.2, 0) is 7.05 Å². The molecule has 0 aliphatic carbocycles. The van der Waals surface area contributed by atoms with E-state index in [4.69, 9.17) is 11.1 Å². The second-order valence-electron chi connectivity index (χ2n) is 3.86. The van der Waals surface area contributed by atoms with Gasteiger partial charge in [0.1, 0.15) is 10.9 Å². The van der Waals surface area contributed by atoms with E-state index in [2.05, 4.69) is 20.5 Å². The highest BCUT2D eigenvalue weighted by atomic mass is 32.2. The highest BCUT2D eigenvalue weighted by molar-refractivity contribution is 7.99. The number of aromatic nitrogens is 5. The lowest BCUT2D eigenvalue weighted by Gasteiger charge is -2.10. The summed E-state index contributed by atoms with van der Waals surface area (Å²) in [6.45, 7) is 3.81. The first-order valence-electron chi connectivity index (χ1n) is 5.22. The average molecular weight is 263 g/mol. The molecule has 0 bridgehead atoms. The predicted octanol–water partition coefficient (Wildman–Crippen LogP) is 0.657. The molecule has 0 aromatic carbocycles. The van der Waals surface area contributed by atoms with Crippen molar-refractivity contribution in [3.05, 3.63) is 22.9 Å². The second-order valence-corrected chi connectivity index (χ2v) is 4.82. The lowest BCUT2D eigenvalue weighted by molar-refractivity contribution is 0.664. The summed E-state index contributed by atoms with van der Waals surface area (Å²) in [7, 11) is 1.75. The molecule has 0 amide bonds. The molecule has 0 saturated heterocycles. The summed E-state index contributed by atoms with van der Waals surface area (Å²) in [6, 6.07) is 1.90. The number of pyridine rings is 1. The Morgan fingerprint density at radius 3 is 2.72 bits per heavy atom. The van der Waals surface area contributed by atoms with Gasteiger partial charge in [-0.05, 0) is 47.7 Å². The summed E-state index contributed by atoms with van der Waals surface area (Å²) in [4.78, 5) is 4.40. The van der Waals surface area contributed by atoms with Crippen molar-refractivity contribution in [1.82, 2.24) is 25.2 Å². The third-order valence-electron chi connectivity index (χ3n) is 2.35. The molecule has 2 aromatic heterocycles. The number of nitrogens with zero attached hydrogens (tertiary/aromatic N) is 5. The molecule has 18 heavy (non-hydrogen) atoms. The van der Waals surface area contributed by atoms with Crippen molar-refractivity contribution in [2.45, 2.75) is 24.0 Å². The first kappa shape index (κ1) is 12.5. The molecule has 8 heteroatoms. The number of nitrogen functional groups attached to an aromatic ring is 1. The smallest absolute Gasteiger partial charge is 0.215 e. The molecule has 2 rings (SSSR count). The van der Waals surface area contributed by atoms with Gasteiger partial charge in [-0.3, -0.25) is 5.41 Å². The lowest BCUT2D eigenvalue weighted by atomic mass is 10.1. The summed E-state index contributed by atoms with van der Waals surface area (Å²) >= 11 is 1.30. The van der Waals surface area contributed by atoms with E-state index < -0.39 is 0 Å². The monoisotopic (exact) mass is 263 g/mol. The molecule has 0 spiro atoms. The molecule has 0 aliphatic rings. The first-order chi connectivity index (χ1) is 8.49. The molecule has 0 atom stereocenters. The minimum Gasteiger partial charge on any atom is -0.384 e. The van der Waals surface area contributed by atoms with E-state index in [0.717, 1.165) is 11.3 Å². The van der Waals surface area contributed by atoms with Gasteiger partial charge in [-0.25, -0.2) is 9.67 Å². The maximum Gasteiger partial charge on any atom is 0.215 e. The second kappa shape index (κ2) is 4.73. The van der Waals surface area contributed by atoms with Crippen LogP contribution in [0.3, 0.4) is 0 Å². The zero-order valence-electron chi connectivity index (χ0n) is 10.3. The van der Waals surface area contributed by atoms with Crippen LogP contribution in [0, 0.1) is 19.3 Å². The van der Waals surface area contributed by atoms with E-state index >= 15 is 0 Å². The first-order valence-corrected chi connectivity index (χ1v) is 6.03. The van der Waals surface area contributed by atoms with Gasteiger partial charge < -0.3 is 5.73 Å². The topological polar surface area (TPSA) is 106 Å². The molecule has 0 unspecified atom stereocenters. The largest absolute Gasteiger partial charge is 0.384 e. The van der Waals surface area contributed by atoms with E-state index in [1.54, 1.807) is 11.7 Å². The normalized spacial score (nSPS) is 10.6. The van der Waals surface area contributed by atoms with Crippen LogP contribution in [0.5, 0.6) is 0 Å². The molecule has 0 fully saturated rings. The van der Waals surface area contributed by atoms with E-state index in [0.29, 0.717) is 15.7 Å². The van der Waals surface area contributed by atoms with Crippen molar-refractivity contribution in [3.8, 4) is 0 Å². The summed E-state index contributed by atoms with van der Waals surface area (Å²) < 4.78 is 1.55. The summed E-state index contributed by atoms with van der Waals surface area (Å²) in [5.41, 5.74) is 8.03. The molecule has 0 radical (unpaired) electrons. The van der Waals surface area contributed by atoms with Gasteiger partial charge in [-0.15, -0.1) is 5.10 Å². The number of hydrogen-bond donors (Lipinski definition) is 2. The Morgan fingerprint density at radius 1 is 1.44 bits per heavy atom. The Balaban J connectivity index is 2.49. The molecule has 94 valence electrons. The van der Waals surface area contributed by atoms with Crippen molar-refractivity contribution in [3.63, 3.8) is 0 Å². The van der Waals surface area contributed by atoms with Gasteiger partial charge in [0.05, 0.1) is 5.56 Å². The van der Waals surface area contributed by atoms with Crippen LogP contribution in [-0.4, -0.2) is 31.0 Å². The standard InChI is InChI=1S/C10H13N7S/c1-5-4-6(2)13-9(7(5)8(11)12)18-10-14-15-16-17(10)3/h4H,1-3H3,(H3,11,12). The Bertz CT molecular complexity index is 604. The SMILES string of the molecule is Cc1cc(C)c(C(=N)N)c(Sc2nnnn2C)n1. The number of tetrazole rings is 1. The zero-order chi connectivity index (χ0) is 13.3. The minimum absolute atomic E-state index is 0.00220. The Kier molecular flexibility index (Phi) is 3.28. The van der Waals surface area contributed by atoms with Crippen LogP contribution < -0.4 is 5.73 Å². The fourth-order valence-electron chi connectivity index (χ4n) is 1.60. The summed E-state index contributed by atoms with van der Waals surface area (Å²) in [6.07, 6.45) is 0. The molecular formula is C10H13N7S. The fourth-order valence-corrected chi connectivity index (χ4v) is 2.58. The molecule has 0 aliphatic heterocycles. The van der Waals surface area contributed by atoms with Crippen LogP contribution in [0.25, 0.3) is 0 Å². The molecule has 2 aromatic rings. The van der Waals surface area contributed by atoms with Gasteiger partial charge in [-0.1, -0.05) is 0 Å². The Labute approximate surface area is 108 Å². The van der Waals surface area contributed by atoms with E-state index in [1.807, 2.05) is 19.9 Å². The maximum atomic E-state index is 7.64. The zero-order valence-corrected chi connectivity index (χ0v) is 11.1. The maximum absolute atomic E-state index is 7.64. The molecule has 0 saturated carbocycles. The fraction of sp³-hybridized carbons (Fsp3) is 0.300. The molecular weight excluding hydrogens is 250 g/mol. The van der Waals surface area contributed by atoms with Gasteiger partial charge in [0.15, 0.2) is 0 Å². The van der Waals surface area contributed by atoms with Crippen molar-refractivity contribution < 1.29 is 0 Å². The molecule has 3 N–H and O–H groups in total. The minimum atomic E-state index is -0.00220. The predicted molar refractivity (Wildman–Crippen MR) is 67.6 cm³/mol. The van der Waals surface area contributed by atoms with Gasteiger partial charge in [0.25, 0.3) is 0 Å². The van der Waals surface area contributed by atoms with Crippen molar-refractivity contribution in [1.29, 1.82) is 5.41 Å². The number of nitrogens with one attached hydrogen (secondary N) is 1. The van der Waals surface area contributed by atoms with Crippen LogP contribution >= 0.6 is 11.8 Å². The van der Waals surface area contributed by atoms with Crippen molar-refractivity contribution in [2.75, 3.05) is 0 Å². The van der Waals surface area contributed by atoms with Crippen LogP contribution in [0.15, 0.2) is 16.2 Å². The Morgan fingerprint density at radius 2 is 2.17 bits per heavy atom. The third-order valence-corrected chi connectivity index (χ3v) is 3.37. The number of amidine groups is 1. The Hall–Kier alpha value is -1.96. The summed E-state index contributed by atoms with van der Waals surface area (Å²) in [5.74, 6) is -0.00220. The lowest BCUT2D eigenvalue weighted by Crippen LogP contribution is -2.15. The number of rotatable bonds is 3. The van der Waals surface area contributed by atoms with E-state index in [-0.39, 0.29) is 5.84 Å². The van der Waals surface area contributed by atoms with Gasteiger partial charge >= 0.3 is 0 Å². The van der Waals surface area contributed by atoms with Gasteiger partial charge in [-0.2, -0.15) is 0 Å². The molecule has 7 nitrogen and oxygen atoms in total. The van der Waals surface area contributed by atoms with Crippen molar-refractivity contribution in [2.24, 2.45) is 12.8 Å². The van der Waals surface area contributed by atoms with Crippen LogP contribution in [0.1, 0.15) is 16.8 Å². The van der Waals surface area contributed by atoms with Crippen molar-refractivity contribution >= 4 is 17.6 Å². The van der Waals surface area contributed by atoms with E-state index in [9.17, 15) is 0 Å². The molecule has 2 heterocycles.